The van der Waals surface area contributed by atoms with Crippen molar-refractivity contribution in [1.82, 2.24) is 4.90 Å². The van der Waals surface area contributed by atoms with Gasteiger partial charge in [-0.2, -0.15) is 0 Å². The summed E-state index contributed by atoms with van der Waals surface area (Å²) in [6.07, 6.45) is 0.789. The quantitative estimate of drug-likeness (QED) is 0.649. The molecule has 0 N–H and O–H groups in total. The third kappa shape index (κ3) is 4.90. The number of carbonyl (C=O) groups is 1. The second kappa shape index (κ2) is 9.27. The maximum Gasteiger partial charge on any atom is 0.166 e. The highest BCUT2D eigenvalue weighted by Crippen LogP contribution is 2.35. The normalized spacial score (nSPS) is 20.7. The number of ether oxygens (including phenoxy) is 1. The van der Waals surface area contributed by atoms with Crippen LogP contribution in [0.1, 0.15) is 48.1 Å². The van der Waals surface area contributed by atoms with Crippen LogP contribution in [0, 0.1) is 0 Å². The summed E-state index contributed by atoms with van der Waals surface area (Å²) in [6, 6.07) is 18.0. The third-order valence-corrected chi connectivity index (χ3v) is 6.57. The fraction of sp³-hybridized carbons (Fsp3) is 0.480. The standard InChI is InChI=1S/C25H31FN2O2/c1-20(21-7-9-23(10-8-21)28-15-17-30-18-16-28)27-13-11-25(26,12-14-27)19-24(29)22-5-3-2-4-6-22/h2-10,20H,11-19H2,1H3. The number of Topliss-reactive ketones (excluding diaryl/α,β-unsaturated/α-hetero) is 1. The number of anilines is 1. The molecule has 160 valence electrons. The number of halogens is 1. The van der Waals surface area contributed by atoms with Crippen molar-refractivity contribution in [3.63, 3.8) is 0 Å². The largest absolute Gasteiger partial charge is 0.378 e. The summed E-state index contributed by atoms with van der Waals surface area (Å²) in [7, 11) is 0. The molecule has 0 aliphatic carbocycles. The Balaban J connectivity index is 1.32. The number of alkyl halides is 1. The van der Waals surface area contributed by atoms with Crippen molar-refractivity contribution < 1.29 is 13.9 Å². The van der Waals surface area contributed by atoms with Gasteiger partial charge in [0.2, 0.25) is 0 Å². The van der Waals surface area contributed by atoms with Crippen LogP contribution in [0.15, 0.2) is 54.6 Å². The molecule has 4 rings (SSSR count). The monoisotopic (exact) mass is 410 g/mol. The van der Waals surface area contributed by atoms with Crippen molar-refractivity contribution >= 4 is 11.5 Å². The lowest BCUT2D eigenvalue weighted by Gasteiger charge is -2.39. The van der Waals surface area contributed by atoms with E-state index in [0.29, 0.717) is 31.5 Å². The summed E-state index contributed by atoms with van der Waals surface area (Å²) in [4.78, 5) is 17.1. The van der Waals surface area contributed by atoms with Crippen LogP contribution in [0.25, 0.3) is 0 Å². The van der Waals surface area contributed by atoms with E-state index in [-0.39, 0.29) is 18.2 Å². The van der Waals surface area contributed by atoms with Gasteiger partial charge in [0.1, 0.15) is 5.67 Å². The predicted molar refractivity (Wildman–Crippen MR) is 118 cm³/mol. The Kier molecular flexibility index (Phi) is 6.49. The number of carbonyl (C=O) groups excluding carboxylic acids is 1. The molecule has 2 aromatic rings. The van der Waals surface area contributed by atoms with Crippen molar-refractivity contribution in [2.24, 2.45) is 0 Å². The molecule has 2 aliphatic heterocycles. The summed E-state index contributed by atoms with van der Waals surface area (Å²) in [6.45, 7) is 6.95. The van der Waals surface area contributed by atoms with Crippen LogP contribution in [0.5, 0.6) is 0 Å². The fourth-order valence-electron chi connectivity index (χ4n) is 4.50. The zero-order valence-corrected chi connectivity index (χ0v) is 17.7. The van der Waals surface area contributed by atoms with Crippen LogP contribution in [-0.4, -0.2) is 55.7 Å². The van der Waals surface area contributed by atoms with E-state index >= 15 is 4.39 Å². The van der Waals surface area contributed by atoms with Gasteiger partial charge < -0.3 is 9.64 Å². The number of hydrogen-bond donors (Lipinski definition) is 0. The van der Waals surface area contributed by atoms with E-state index in [1.54, 1.807) is 12.1 Å². The Morgan fingerprint density at radius 2 is 1.63 bits per heavy atom. The highest BCUT2D eigenvalue weighted by atomic mass is 19.1. The zero-order chi connectivity index (χ0) is 21.0. The molecule has 5 heteroatoms. The van der Waals surface area contributed by atoms with Gasteiger partial charge in [0.25, 0.3) is 0 Å². The Morgan fingerprint density at radius 3 is 2.27 bits per heavy atom. The van der Waals surface area contributed by atoms with E-state index < -0.39 is 5.67 Å². The number of rotatable bonds is 6. The second-order valence-electron chi connectivity index (χ2n) is 8.52. The van der Waals surface area contributed by atoms with Gasteiger partial charge in [-0.25, -0.2) is 4.39 Å². The minimum absolute atomic E-state index is 0.0204. The highest BCUT2D eigenvalue weighted by Gasteiger charge is 2.38. The van der Waals surface area contributed by atoms with Crippen LogP contribution in [0.4, 0.5) is 10.1 Å². The molecule has 2 fully saturated rings. The number of benzene rings is 2. The molecule has 4 nitrogen and oxygen atoms in total. The minimum atomic E-state index is -1.40. The topological polar surface area (TPSA) is 32.8 Å². The summed E-state index contributed by atoms with van der Waals surface area (Å²) >= 11 is 0. The molecule has 0 bridgehead atoms. The summed E-state index contributed by atoms with van der Waals surface area (Å²) in [5, 5.41) is 0. The molecule has 2 aliphatic rings. The Hall–Kier alpha value is -2.24. The number of likely N-dealkylation sites (tertiary alicyclic amines) is 1. The first-order valence-corrected chi connectivity index (χ1v) is 11.0. The van der Waals surface area contributed by atoms with Gasteiger partial charge in [0.05, 0.1) is 13.2 Å². The number of nitrogens with zero attached hydrogens (tertiary/aromatic N) is 2. The average Bonchev–Trinajstić information content (AvgIpc) is 2.80. The van der Waals surface area contributed by atoms with Crippen LogP contribution in [0.3, 0.4) is 0 Å². The van der Waals surface area contributed by atoms with Crippen molar-refractivity contribution in [3.05, 3.63) is 65.7 Å². The lowest BCUT2D eigenvalue weighted by Crippen LogP contribution is -2.43. The van der Waals surface area contributed by atoms with Crippen LogP contribution in [0.2, 0.25) is 0 Å². The Labute approximate surface area is 178 Å². The van der Waals surface area contributed by atoms with Crippen LogP contribution in [-0.2, 0) is 4.74 Å². The molecular formula is C25H31FN2O2. The molecule has 0 spiro atoms. The molecule has 0 aromatic heterocycles. The van der Waals surface area contributed by atoms with Crippen molar-refractivity contribution in [1.29, 1.82) is 0 Å². The summed E-state index contributed by atoms with van der Waals surface area (Å²) in [5.74, 6) is -0.0988. The molecule has 0 saturated carbocycles. The van der Waals surface area contributed by atoms with Gasteiger partial charge in [-0.15, -0.1) is 0 Å². The van der Waals surface area contributed by atoms with E-state index in [2.05, 4.69) is 41.0 Å². The molecule has 0 radical (unpaired) electrons. The second-order valence-corrected chi connectivity index (χ2v) is 8.52. The van der Waals surface area contributed by atoms with Gasteiger partial charge in [-0.1, -0.05) is 42.5 Å². The molecule has 0 amide bonds. The molecule has 2 aromatic carbocycles. The average molecular weight is 411 g/mol. The fourth-order valence-corrected chi connectivity index (χ4v) is 4.50. The van der Waals surface area contributed by atoms with E-state index in [1.165, 1.54) is 11.3 Å². The number of morpholine rings is 1. The zero-order valence-electron chi connectivity index (χ0n) is 17.7. The van der Waals surface area contributed by atoms with E-state index in [0.717, 1.165) is 26.3 Å². The maximum atomic E-state index is 15.3. The first kappa shape index (κ1) is 21.0. The molecule has 1 unspecified atom stereocenters. The molecular weight excluding hydrogens is 379 g/mol. The van der Waals surface area contributed by atoms with Gasteiger partial charge in [-0.05, 0) is 37.5 Å². The number of hydrogen-bond acceptors (Lipinski definition) is 4. The Morgan fingerprint density at radius 1 is 1.00 bits per heavy atom. The minimum Gasteiger partial charge on any atom is -0.378 e. The van der Waals surface area contributed by atoms with E-state index in [1.807, 2.05) is 18.2 Å². The molecule has 1 atom stereocenters. The van der Waals surface area contributed by atoms with Crippen molar-refractivity contribution in [2.75, 3.05) is 44.3 Å². The van der Waals surface area contributed by atoms with Crippen molar-refractivity contribution in [2.45, 2.75) is 37.9 Å². The summed E-state index contributed by atoms with van der Waals surface area (Å²) < 4.78 is 20.8. The maximum absolute atomic E-state index is 15.3. The molecule has 30 heavy (non-hydrogen) atoms. The SMILES string of the molecule is CC(c1ccc(N2CCOCC2)cc1)N1CCC(F)(CC(=O)c2ccccc2)CC1. The van der Waals surface area contributed by atoms with Gasteiger partial charge in [-0.3, -0.25) is 9.69 Å². The van der Waals surface area contributed by atoms with Crippen molar-refractivity contribution in [3.8, 4) is 0 Å². The lowest BCUT2D eigenvalue weighted by molar-refractivity contribution is 0.0339. The van der Waals surface area contributed by atoms with Gasteiger partial charge in [0, 0.05) is 49.9 Å². The predicted octanol–water partition coefficient (Wildman–Crippen LogP) is 4.66. The van der Waals surface area contributed by atoms with Gasteiger partial charge in [0.15, 0.2) is 5.78 Å². The molecule has 2 saturated heterocycles. The smallest absolute Gasteiger partial charge is 0.166 e. The van der Waals surface area contributed by atoms with Crippen LogP contribution < -0.4 is 4.90 Å². The number of ketones is 1. The first-order valence-electron chi connectivity index (χ1n) is 11.0. The van der Waals surface area contributed by atoms with E-state index in [4.69, 9.17) is 4.74 Å². The highest BCUT2D eigenvalue weighted by molar-refractivity contribution is 5.96. The Bertz CT molecular complexity index is 826. The number of piperidine rings is 1. The summed E-state index contributed by atoms with van der Waals surface area (Å²) in [5.41, 5.74) is 1.68. The lowest BCUT2D eigenvalue weighted by atomic mass is 9.86. The molecule has 2 heterocycles. The van der Waals surface area contributed by atoms with Gasteiger partial charge >= 0.3 is 0 Å². The van der Waals surface area contributed by atoms with Crippen LogP contribution >= 0.6 is 0 Å². The third-order valence-electron chi connectivity index (χ3n) is 6.57. The first-order chi connectivity index (χ1) is 14.5. The van der Waals surface area contributed by atoms with E-state index in [9.17, 15) is 4.79 Å².